The first-order chi connectivity index (χ1) is 7.52. The lowest BCUT2D eigenvalue weighted by Gasteiger charge is -2.17. The van der Waals surface area contributed by atoms with Gasteiger partial charge >= 0.3 is 5.97 Å². The fourth-order valence-corrected chi connectivity index (χ4v) is 0.933. The molecule has 7 nitrogen and oxygen atoms in total. The molecule has 0 spiro atoms. The molecule has 0 radical (unpaired) electrons. The largest absolute Gasteiger partial charge is 0.463 e. The maximum atomic E-state index is 11.0. The first-order valence-corrected chi connectivity index (χ1v) is 4.78. The molecule has 0 fully saturated rings. The second-order valence-corrected chi connectivity index (χ2v) is 3.04. The number of azide groups is 1. The topological polar surface area (TPSA) is 116 Å². The van der Waals surface area contributed by atoms with Gasteiger partial charge in [-0.25, -0.2) is 4.79 Å². The van der Waals surface area contributed by atoms with Gasteiger partial charge in [-0.15, -0.1) is 0 Å². The third-order valence-electron chi connectivity index (χ3n) is 1.75. The lowest BCUT2D eigenvalue weighted by atomic mass is 10.1. The molecule has 0 aliphatic rings. The van der Waals surface area contributed by atoms with Gasteiger partial charge in [0.05, 0.1) is 24.9 Å². The van der Waals surface area contributed by atoms with Gasteiger partial charge in [0.1, 0.15) is 0 Å². The highest BCUT2D eigenvalue weighted by Gasteiger charge is 2.20. The van der Waals surface area contributed by atoms with E-state index in [1.165, 1.54) is 13.0 Å². The first kappa shape index (κ1) is 14.4. The van der Waals surface area contributed by atoms with E-state index in [0.29, 0.717) is 0 Å². The van der Waals surface area contributed by atoms with Crippen molar-refractivity contribution in [1.29, 1.82) is 0 Å². The highest BCUT2D eigenvalue weighted by Crippen LogP contribution is 2.06. The van der Waals surface area contributed by atoms with Crippen LogP contribution in [-0.2, 0) is 9.53 Å². The van der Waals surface area contributed by atoms with E-state index in [9.17, 15) is 9.90 Å². The summed E-state index contributed by atoms with van der Waals surface area (Å²) in [5.74, 6) is -0.599. The summed E-state index contributed by atoms with van der Waals surface area (Å²) < 4.78 is 4.61. The molecule has 0 aromatic rings. The molecule has 0 aromatic heterocycles. The van der Waals surface area contributed by atoms with Crippen molar-refractivity contribution in [3.05, 3.63) is 22.6 Å². The first-order valence-electron chi connectivity index (χ1n) is 4.78. The molecule has 0 unspecified atom stereocenters. The van der Waals surface area contributed by atoms with Crippen molar-refractivity contribution in [3.8, 4) is 0 Å². The maximum absolute atomic E-state index is 11.0. The van der Waals surface area contributed by atoms with Crippen LogP contribution in [0.3, 0.4) is 0 Å². The van der Waals surface area contributed by atoms with Crippen LogP contribution in [-0.4, -0.2) is 41.0 Å². The van der Waals surface area contributed by atoms with Crippen LogP contribution in [0.2, 0.25) is 0 Å². The van der Waals surface area contributed by atoms with Gasteiger partial charge in [0.15, 0.2) is 0 Å². The Labute approximate surface area is 93.0 Å². The summed E-state index contributed by atoms with van der Waals surface area (Å²) in [5, 5.41) is 21.8. The van der Waals surface area contributed by atoms with Crippen molar-refractivity contribution in [2.24, 2.45) is 5.11 Å². The average Bonchev–Trinajstić information content (AvgIpc) is 2.23. The van der Waals surface area contributed by atoms with Crippen LogP contribution in [0.15, 0.2) is 17.3 Å². The third-order valence-corrected chi connectivity index (χ3v) is 1.75. The Hall–Kier alpha value is -1.56. The van der Waals surface area contributed by atoms with Crippen molar-refractivity contribution in [2.45, 2.75) is 32.1 Å². The van der Waals surface area contributed by atoms with Crippen molar-refractivity contribution in [3.63, 3.8) is 0 Å². The summed E-state index contributed by atoms with van der Waals surface area (Å²) in [6, 6.07) is -1.01. The summed E-state index contributed by atoms with van der Waals surface area (Å²) in [7, 11) is 0. The van der Waals surface area contributed by atoms with Gasteiger partial charge in [0.2, 0.25) is 0 Å². The molecule has 2 N–H and O–H groups in total. The Morgan fingerprint density at radius 2 is 2.25 bits per heavy atom. The van der Waals surface area contributed by atoms with Gasteiger partial charge in [0.25, 0.3) is 0 Å². The number of hydrogen-bond acceptors (Lipinski definition) is 5. The number of hydrogen-bond donors (Lipinski definition) is 2. The van der Waals surface area contributed by atoms with Crippen molar-refractivity contribution < 1.29 is 19.7 Å². The molecule has 16 heavy (non-hydrogen) atoms. The number of aliphatic hydroxyl groups excluding tert-OH is 2. The Kier molecular flexibility index (Phi) is 6.95. The predicted molar refractivity (Wildman–Crippen MR) is 56.4 cm³/mol. The van der Waals surface area contributed by atoms with Gasteiger partial charge in [0, 0.05) is 11.0 Å². The lowest BCUT2D eigenvalue weighted by Crippen LogP contribution is -2.33. The van der Waals surface area contributed by atoms with Crippen LogP contribution in [0.1, 0.15) is 13.8 Å². The summed E-state index contributed by atoms with van der Waals surface area (Å²) in [4.78, 5) is 13.5. The number of carbonyl (C=O) groups excluding carboxylic acids is 1. The standard InChI is InChI=1S/C9H15N3O4/c1-3-16-8(14)5-4-7(11-12-10)9(15)6(2)13/h4-7,9,13,15H,3H2,1-2H3/b5-4+/t6-,7-,9+/m0/s1. The molecule has 3 atom stereocenters. The van der Waals surface area contributed by atoms with Gasteiger partial charge < -0.3 is 14.9 Å². The summed E-state index contributed by atoms with van der Waals surface area (Å²) >= 11 is 0. The number of rotatable bonds is 6. The normalized spacial score (nSPS) is 16.2. The Bertz CT molecular complexity index is 297. The number of aliphatic hydroxyl groups is 2. The van der Waals surface area contributed by atoms with Crippen LogP contribution in [0.25, 0.3) is 10.4 Å². The zero-order valence-electron chi connectivity index (χ0n) is 9.15. The second kappa shape index (κ2) is 7.70. The average molecular weight is 229 g/mol. The van der Waals surface area contributed by atoms with E-state index >= 15 is 0 Å². The van der Waals surface area contributed by atoms with Gasteiger partial charge in [-0.3, -0.25) is 0 Å². The van der Waals surface area contributed by atoms with E-state index in [1.807, 2.05) is 0 Å². The SMILES string of the molecule is CCOC(=O)/C=C/[C@H](N=[N+]=[N-])[C@H](O)[C@H](C)O. The van der Waals surface area contributed by atoms with E-state index < -0.39 is 24.2 Å². The zero-order chi connectivity index (χ0) is 12.6. The number of ether oxygens (including phenoxy) is 1. The molecule has 0 rings (SSSR count). The summed E-state index contributed by atoms with van der Waals surface area (Å²) in [6.07, 6.45) is -0.0901. The van der Waals surface area contributed by atoms with Crippen molar-refractivity contribution in [1.82, 2.24) is 0 Å². The summed E-state index contributed by atoms with van der Waals surface area (Å²) in [5.41, 5.74) is 8.25. The molecule has 0 aliphatic heterocycles. The fraction of sp³-hybridized carbons (Fsp3) is 0.667. The van der Waals surface area contributed by atoms with E-state index in [0.717, 1.165) is 6.08 Å². The van der Waals surface area contributed by atoms with Crippen LogP contribution >= 0.6 is 0 Å². The molecule has 0 amide bonds. The zero-order valence-corrected chi connectivity index (χ0v) is 9.15. The minimum absolute atomic E-state index is 0.230. The molecule has 0 saturated carbocycles. The molecule has 0 saturated heterocycles. The molecule has 90 valence electrons. The molecule has 0 bridgehead atoms. The molecule has 0 aromatic carbocycles. The van der Waals surface area contributed by atoms with Crippen LogP contribution in [0, 0.1) is 0 Å². The van der Waals surface area contributed by atoms with E-state index in [1.54, 1.807) is 6.92 Å². The monoisotopic (exact) mass is 229 g/mol. The van der Waals surface area contributed by atoms with Gasteiger partial charge in [-0.05, 0) is 19.4 Å². The van der Waals surface area contributed by atoms with Gasteiger partial charge in [-0.1, -0.05) is 11.2 Å². The highest BCUT2D eigenvalue weighted by molar-refractivity contribution is 5.82. The second-order valence-electron chi connectivity index (χ2n) is 3.04. The predicted octanol–water partition coefficient (Wildman–Crippen LogP) is 0.526. The number of carbonyl (C=O) groups is 1. The fourth-order valence-electron chi connectivity index (χ4n) is 0.933. The third kappa shape index (κ3) is 5.35. The number of nitrogens with zero attached hydrogens (tertiary/aromatic N) is 3. The van der Waals surface area contributed by atoms with E-state index in [2.05, 4.69) is 14.8 Å². The van der Waals surface area contributed by atoms with E-state index in [-0.39, 0.29) is 6.61 Å². The molecular formula is C9H15N3O4. The molecular weight excluding hydrogens is 214 g/mol. The quantitative estimate of drug-likeness (QED) is 0.227. The van der Waals surface area contributed by atoms with Crippen LogP contribution < -0.4 is 0 Å². The van der Waals surface area contributed by atoms with Gasteiger partial charge in [-0.2, -0.15) is 0 Å². The van der Waals surface area contributed by atoms with E-state index in [4.69, 9.17) is 10.6 Å². The smallest absolute Gasteiger partial charge is 0.330 e. The van der Waals surface area contributed by atoms with Crippen LogP contribution in [0.5, 0.6) is 0 Å². The minimum atomic E-state index is -1.26. The Balaban J connectivity index is 4.56. The van der Waals surface area contributed by atoms with Crippen molar-refractivity contribution in [2.75, 3.05) is 6.61 Å². The summed E-state index contributed by atoms with van der Waals surface area (Å²) in [6.45, 7) is 3.23. The van der Waals surface area contributed by atoms with Crippen LogP contribution in [0.4, 0.5) is 0 Å². The molecule has 0 heterocycles. The Morgan fingerprint density at radius 1 is 1.62 bits per heavy atom. The highest BCUT2D eigenvalue weighted by atomic mass is 16.5. The minimum Gasteiger partial charge on any atom is -0.463 e. The van der Waals surface area contributed by atoms with Crippen molar-refractivity contribution >= 4 is 5.97 Å². The lowest BCUT2D eigenvalue weighted by molar-refractivity contribution is -0.137. The Morgan fingerprint density at radius 3 is 2.69 bits per heavy atom. The maximum Gasteiger partial charge on any atom is 0.330 e. The molecule has 0 aliphatic carbocycles. The molecule has 7 heteroatoms. The number of esters is 1.